The number of carbonyl (C=O) groups is 1. The maximum atomic E-state index is 12.9. The zero-order valence-electron chi connectivity index (χ0n) is 13.2. The molecule has 0 heterocycles. The van der Waals surface area contributed by atoms with Crippen LogP contribution in [-0.2, 0) is 16.8 Å². The van der Waals surface area contributed by atoms with Crippen LogP contribution in [0.3, 0.4) is 0 Å². The summed E-state index contributed by atoms with van der Waals surface area (Å²) in [6, 6.07) is 17.2. The minimum atomic E-state index is -0.531. The van der Waals surface area contributed by atoms with Crippen LogP contribution in [0.5, 0.6) is 0 Å². The number of aliphatic hydroxyl groups excluding tert-OH is 1. The molecular formula is C19H23NO2. The summed E-state index contributed by atoms with van der Waals surface area (Å²) in [5.41, 5.74) is 2.02. The molecule has 3 heteroatoms. The van der Waals surface area contributed by atoms with Crippen LogP contribution in [0.4, 0.5) is 5.69 Å². The Morgan fingerprint density at radius 1 is 1.05 bits per heavy atom. The Labute approximate surface area is 132 Å². The van der Waals surface area contributed by atoms with Crippen molar-refractivity contribution in [2.75, 3.05) is 5.32 Å². The highest BCUT2D eigenvalue weighted by atomic mass is 16.3. The van der Waals surface area contributed by atoms with Crippen molar-refractivity contribution in [1.29, 1.82) is 0 Å². The lowest BCUT2D eigenvalue weighted by atomic mass is 9.75. The lowest BCUT2D eigenvalue weighted by Crippen LogP contribution is -2.39. The molecule has 116 valence electrons. The van der Waals surface area contributed by atoms with Crippen molar-refractivity contribution in [1.82, 2.24) is 0 Å². The molecule has 0 radical (unpaired) electrons. The van der Waals surface area contributed by atoms with Gasteiger partial charge in [-0.2, -0.15) is 0 Å². The predicted octanol–water partition coefficient (Wildman–Crippen LogP) is 3.88. The van der Waals surface area contributed by atoms with E-state index in [4.69, 9.17) is 0 Å². The van der Waals surface area contributed by atoms with Crippen molar-refractivity contribution < 1.29 is 9.90 Å². The van der Waals surface area contributed by atoms with Crippen molar-refractivity contribution in [3.63, 3.8) is 0 Å². The van der Waals surface area contributed by atoms with Gasteiger partial charge < -0.3 is 10.4 Å². The molecule has 0 unspecified atom stereocenters. The quantitative estimate of drug-likeness (QED) is 0.850. The first-order chi connectivity index (χ1) is 10.7. The zero-order valence-corrected chi connectivity index (χ0v) is 13.2. The van der Waals surface area contributed by atoms with Gasteiger partial charge in [-0.05, 0) is 36.1 Å². The number of rotatable bonds is 6. The highest BCUT2D eigenvalue weighted by Crippen LogP contribution is 2.33. The molecule has 1 amide bonds. The van der Waals surface area contributed by atoms with Crippen molar-refractivity contribution in [2.45, 2.75) is 38.7 Å². The van der Waals surface area contributed by atoms with Gasteiger partial charge in [-0.25, -0.2) is 0 Å². The normalized spacial score (nSPS) is 11.2. The minimum absolute atomic E-state index is 0.00112. The maximum absolute atomic E-state index is 12.9. The Kier molecular flexibility index (Phi) is 5.34. The summed E-state index contributed by atoms with van der Waals surface area (Å²) in [5, 5.41) is 12.2. The van der Waals surface area contributed by atoms with E-state index in [1.54, 1.807) is 6.07 Å². The van der Waals surface area contributed by atoms with Gasteiger partial charge in [0.1, 0.15) is 0 Å². The van der Waals surface area contributed by atoms with Gasteiger partial charge in [-0.15, -0.1) is 0 Å². The van der Waals surface area contributed by atoms with Crippen LogP contribution in [0.15, 0.2) is 54.6 Å². The monoisotopic (exact) mass is 297 g/mol. The van der Waals surface area contributed by atoms with Gasteiger partial charge in [0.25, 0.3) is 0 Å². The van der Waals surface area contributed by atoms with Crippen molar-refractivity contribution >= 4 is 11.6 Å². The molecule has 2 aromatic rings. The van der Waals surface area contributed by atoms with Crippen molar-refractivity contribution in [3.8, 4) is 0 Å². The van der Waals surface area contributed by atoms with E-state index in [2.05, 4.69) is 5.32 Å². The zero-order chi connectivity index (χ0) is 16.0. The number of hydrogen-bond acceptors (Lipinski definition) is 2. The van der Waals surface area contributed by atoms with Crippen LogP contribution in [0, 0.1) is 0 Å². The molecular weight excluding hydrogens is 274 g/mol. The van der Waals surface area contributed by atoms with Gasteiger partial charge in [0.05, 0.1) is 12.0 Å². The second-order valence-corrected chi connectivity index (χ2v) is 5.47. The molecule has 0 saturated carbocycles. The molecule has 0 aromatic heterocycles. The Hall–Kier alpha value is -2.13. The van der Waals surface area contributed by atoms with E-state index >= 15 is 0 Å². The summed E-state index contributed by atoms with van der Waals surface area (Å²) in [7, 11) is 0. The molecule has 0 aliphatic carbocycles. The van der Waals surface area contributed by atoms with E-state index in [1.807, 2.05) is 62.4 Å². The maximum Gasteiger partial charge on any atom is 0.235 e. The van der Waals surface area contributed by atoms with Crippen LogP contribution in [0.25, 0.3) is 0 Å². The topological polar surface area (TPSA) is 49.3 Å². The molecule has 0 atom stereocenters. The summed E-state index contributed by atoms with van der Waals surface area (Å²) in [4.78, 5) is 12.9. The summed E-state index contributed by atoms with van der Waals surface area (Å²) in [5.74, 6) is -0.00112. The molecule has 22 heavy (non-hydrogen) atoms. The second-order valence-electron chi connectivity index (χ2n) is 5.47. The first kappa shape index (κ1) is 16.2. The standard InChI is InChI=1S/C19H23NO2/c1-3-19(4-2,16-10-6-5-7-11-16)18(22)20-17-12-8-9-15(13-17)14-21/h5-13,21H,3-4,14H2,1-2H3,(H,20,22). The lowest BCUT2D eigenvalue weighted by Gasteiger charge is -2.31. The molecule has 0 aliphatic rings. The van der Waals surface area contributed by atoms with Crippen LogP contribution in [-0.4, -0.2) is 11.0 Å². The Morgan fingerprint density at radius 3 is 2.32 bits per heavy atom. The van der Waals surface area contributed by atoms with E-state index in [1.165, 1.54) is 0 Å². The van der Waals surface area contributed by atoms with E-state index in [9.17, 15) is 9.90 Å². The summed E-state index contributed by atoms with van der Waals surface area (Å²) in [6.07, 6.45) is 1.47. The molecule has 0 saturated heterocycles. The van der Waals surface area contributed by atoms with Crippen LogP contribution in [0.2, 0.25) is 0 Å². The summed E-state index contributed by atoms with van der Waals surface area (Å²) in [6.45, 7) is 4.05. The van der Waals surface area contributed by atoms with Gasteiger partial charge in [0.2, 0.25) is 5.91 Å². The van der Waals surface area contributed by atoms with E-state index < -0.39 is 5.41 Å². The smallest absolute Gasteiger partial charge is 0.235 e. The van der Waals surface area contributed by atoms with Crippen LogP contribution in [0.1, 0.15) is 37.8 Å². The van der Waals surface area contributed by atoms with E-state index in [-0.39, 0.29) is 12.5 Å². The average molecular weight is 297 g/mol. The molecule has 2 N–H and O–H groups in total. The predicted molar refractivity (Wildman–Crippen MR) is 89.7 cm³/mol. The number of amides is 1. The van der Waals surface area contributed by atoms with E-state index in [0.29, 0.717) is 0 Å². The number of nitrogens with one attached hydrogen (secondary N) is 1. The summed E-state index contributed by atoms with van der Waals surface area (Å²) < 4.78 is 0. The van der Waals surface area contributed by atoms with Crippen LogP contribution >= 0.6 is 0 Å². The highest BCUT2D eigenvalue weighted by molar-refractivity contribution is 5.99. The molecule has 0 bridgehead atoms. The lowest BCUT2D eigenvalue weighted by molar-refractivity contribution is -0.121. The fraction of sp³-hybridized carbons (Fsp3) is 0.316. The number of anilines is 1. The van der Waals surface area contributed by atoms with E-state index in [0.717, 1.165) is 29.7 Å². The first-order valence-corrected chi connectivity index (χ1v) is 7.73. The third-order valence-corrected chi connectivity index (χ3v) is 4.34. The molecule has 0 spiro atoms. The number of hydrogen-bond donors (Lipinski definition) is 2. The second kappa shape index (κ2) is 7.23. The fourth-order valence-electron chi connectivity index (χ4n) is 2.87. The molecule has 3 nitrogen and oxygen atoms in total. The van der Waals surface area contributed by atoms with Gasteiger partial charge in [0, 0.05) is 5.69 Å². The van der Waals surface area contributed by atoms with Crippen molar-refractivity contribution in [3.05, 3.63) is 65.7 Å². The summed E-state index contributed by atoms with van der Waals surface area (Å²) >= 11 is 0. The highest BCUT2D eigenvalue weighted by Gasteiger charge is 2.36. The largest absolute Gasteiger partial charge is 0.392 e. The SMILES string of the molecule is CCC(CC)(C(=O)Nc1cccc(CO)c1)c1ccccc1. The Morgan fingerprint density at radius 2 is 1.73 bits per heavy atom. The van der Waals surface area contributed by atoms with Gasteiger partial charge in [-0.3, -0.25) is 4.79 Å². The van der Waals surface area contributed by atoms with Gasteiger partial charge >= 0.3 is 0 Å². The molecule has 0 fully saturated rings. The first-order valence-electron chi connectivity index (χ1n) is 7.73. The van der Waals surface area contributed by atoms with Crippen LogP contribution < -0.4 is 5.32 Å². The van der Waals surface area contributed by atoms with Crippen molar-refractivity contribution in [2.24, 2.45) is 0 Å². The Bertz CT molecular complexity index is 618. The number of carbonyl (C=O) groups excluding carboxylic acids is 1. The molecule has 2 aromatic carbocycles. The molecule has 2 rings (SSSR count). The average Bonchev–Trinajstić information content (AvgIpc) is 2.57. The fourth-order valence-corrected chi connectivity index (χ4v) is 2.87. The number of benzene rings is 2. The minimum Gasteiger partial charge on any atom is -0.392 e. The third kappa shape index (κ3) is 3.20. The Balaban J connectivity index is 2.30. The molecule has 0 aliphatic heterocycles. The third-order valence-electron chi connectivity index (χ3n) is 4.34. The van der Waals surface area contributed by atoms with Gasteiger partial charge in [-0.1, -0.05) is 56.3 Å². The van der Waals surface area contributed by atoms with Gasteiger partial charge in [0.15, 0.2) is 0 Å². The number of aliphatic hydroxyl groups is 1.